The highest BCUT2D eigenvalue weighted by molar-refractivity contribution is 9.10. The van der Waals surface area contributed by atoms with Crippen LogP contribution in [0.2, 0.25) is 0 Å². The Labute approximate surface area is 78.5 Å². The van der Waals surface area contributed by atoms with Gasteiger partial charge < -0.3 is 0 Å². The lowest BCUT2D eigenvalue weighted by atomic mass is 10.1. The van der Waals surface area contributed by atoms with E-state index in [1.54, 1.807) is 19.1 Å². The molecule has 0 nitrogen and oxygen atoms in total. The summed E-state index contributed by atoms with van der Waals surface area (Å²) in [6.07, 6.45) is 0. The zero-order chi connectivity index (χ0) is 8.43. The van der Waals surface area contributed by atoms with Gasteiger partial charge in [0.05, 0.1) is 5.88 Å². The van der Waals surface area contributed by atoms with Crippen LogP contribution in [-0.4, -0.2) is 0 Å². The molecule has 0 aliphatic carbocycles. The smallest absolute Gasteiger partial charge is 0.131 e. The molecule has 1 aromatic carbocycles. The molecular weight excluding hydrogens is 230 g/mol. The van der Waals surface area contributed by atoms with Crippen molar-refractivity contribution in [3.63, 3.8) is 0 Å². The first-order chi connectivity index (χ1) is 5.16. The molecule has 0 saturated carbocycles. The second-order valence-electron chi connectivity index (χ2n) is 2.28. The second kappa shape index (κ2) is 3.55. The van der Waals surface area contributed by atoms with Crippen molar-refractivity contribution in [3.8, 4) is 0 Å². The number of alkyl halides is 1. The molecule has 0 heterocycles. The van der Waals surface area contributed by atoms with Crippen molar-refractivity contribution in [2.75, 3.05) is 0 Å². The van der Waals surface area contributed by atoms with Gasteiger partial charge >= 0.3 is 0 Å². The fourth-order valence-corrected chi connectivity index (χ4v) is 1.33. The Morgan fingerprint density at radius 2 is 2.18 bits per heavy atom. The summed E-state index contributed by atoms with van der Waals surface area (Å²) in [4.78, 5) is 0. The van der Waals surface area contributed by atoms with Crippen LogP contribution in [0.4, 0.5) is 4.39 Å². The molecule has 0 aromatic heterocycles. The van der Waals surface area contributed by atoms with Crippen molar-refractivity contribution in [2.24, 2.45) is 0 Å². The summed E-state index contributed by atoms with van der Waals surface area (Å²) in [5.41, 5.74) is 1.16. The normalized spacial score (nSPS) is 10.2. The predicted molar refractivity (Wildman–Crippen MR) is 48.4 cm³/mol. The van der Waals surface area contributed by atoms with E-state index in [0.29, 0.717) is 11.1 Å². The van der Waals surface area contributed by atoms with Gasteiger partial charge in [0.2, 0.25) is 0 Å². The molecule has 1 rings (SSSR count). The third kappa shape index (κ3) is 1.74. The quantitative estimate of drug-likeness (QED) is 0.654. The van der Waals surface area contributed by atoms with Crippen LogP contribution in [0, 0.1) is 12.7 Å². The van der Waals surface area contributed by atoms with E-state index in [1.807, 2.05) is 0 Å². The van der Waals surface area contributed by atoms with Crippen LogP contribution in [0.3, 0.4) is 0 Å². The molecule has 60 valence electrons. The van der Waals surface area contributed by atoms with E-state index in [2.05, 4.69) is 15.9 Å². The first kappa shape index (κ1) is 9.01. The zero-order valence-electron chi connectivity index (χ0n) is 6.00. The molecule has 0 N–H and O–H groups in total. The summed E-state index contributed by atoms with van der Waals surface area (Å²) in [7, 11) is 0. The highest BCUT2D eigenvalue weighted by atomic mass is 79.9. The highest BCUT2D eigenvalue weighted by Crippen LogP contribution is 2.22. The Balaban J connectivity index is 3.25. The van der Waals surface area contributed by atoms with Gasteiger partial charge in [-0.1, -0.05) is 22.0 Å². The average molecular weight is 237 g/mol. The van der Waals surface area contributed by atoms with Crippen molar-refractivity contribution in [1.82, 2.24) is 0 Å². The molecule has 0 aliphatic heterocycles. The lowest BCUT2D eigenvalue weighted by molar-refractivity contribution is 0.606. The molecule has 0 atom stereocenters. The maximum absolute atomic E-state index is 13.1. The molecular formula is C8H7BrClF. The molecule has 11 heavy (non-hydrogen) atoms. The maximum Gasteiger partial charge on any atom is 0.131 e. The van der Waals surface area contributed by atoms with Crippen molar-refractivity contribution in [1.29, 1.82) is 0 Å². The molecule has 0 aliphatic rings. The summed E-state index contributed by atoms with van der Waals surface area (Å²) >= 11 is 8.73. The topological polar surface area (TPSA) is 0 Å². The number of rotatable bonds is 1. The Hall–Kier alpha value is -0.0800. The lowest BCUT2D eigenvalue weighted by Gasteiger charge is -2.03. The van der Waals surface area contributed by atoms with Gasteiger partial charge in [-0.2, -0.15) is 0 Å². The third-order valence-corrected chi connectivity index (χ3v) is 2.69. The molecule has 3 heteroatoms. The van der Waals surface area contributed by atoms with Gasteiger partial charge in [0.1, 0.15) is 5.82 Å². The van der Waals surface area contributed by atoms with E-state index in [4.69, 9.17) is 11.6 Å². The second-order valence-corrected chi connectivity index (χ2v) is 3.40. The van der Waals surface area contributed by atoms with Gasteiger partial charge in [-0.05, 0) is 18.6 Å². The van der Waals surface area contributed by atoms with Gasteiger partial charge in [-0.3, -0.25) is 0 Å². The number of hydrogen-bond donors (Lipinski definition) is 0. The Kier molecular flexibility index (Phi) is 2.90. The summed E-state index contributed by atoms with van der Waals surface area (Å²) in [5, 5.41) is 0. The highest BCUT2D eigenvalue weighted by Gasteiger charge is 2.06. The summed E-state index contributed by atoms with van der Waals surface area (Å²) < 4.78 is 13.9. The Morgan fingerprint density at radius 3 is 2.73 bits per heavy atom. The van der Waals surface area contributed by atoms with Crippen molar-refractivity contribution >= 4 is 27.5 Å². The Morgan fingerprint density at radius 1 is 1.55 bits per heavy atom. The maximum atomic E-state index is 13.1. The van der Waals surface area contributed by atoms with Gasteiger partial charge in [-0.25, -0.2) is 4.39 Å². The standard InChI is InChI=1S/C8H7BrClF/c1-5-7(9)3-2-6(4-10)8(5)11/h2-3H,4H2,1H3. The van der Waals surface area contributed by atoms with Crippen molar-refractivity contribution < 1.29 is 4.39 Å². The van der Waals surface area contributed by atoms with Crippen LogP contribution in [0.25, 0.3) is 0 Å². The van der Waals surface area contributed by atoms with Crippen LogP contribution in [0.15, 0.2) is 16.6 Å². The molecule has 0 unspecified atom stereocenters. The first-order valence-electron chi connectivity index (χ1n) is 3.16. The summed E-state index contributed by atoms with van der Waals surface area (Å²) in [5.74, 6) is 0.00863. The van der Waals surface area contributed by atoms with Gasteiger partial charge in [0.15, 0.2) is 0 Å². The molecule has 0 radical (unpaired) electrons. The van der Waals surface area contributed by atoms with E-state index in [9.17, 15) is 4.39 Å². The fourth-order valence-electron chi connectivity index (χ4n) is 0.821. The van der Waals surface area contributed by atoms with E-state index >= 15 is 0 Å². The third-order valence-electron chi connectivity index (χ3n) is 1.54. The van der Waals surface area contributed by atoms with E-state index in [-0.39, 0.29) is 11.7 Å². The molecule has 0 amide bonds. The predicted octanol–water partition coefficient (Wildman–Crippen LogP) is 3.64. The number of hydrogen-bond acceptors (Lipinski definition) is 0. The zero-order valence-corrected chi connectivity index (χ0v) is 8.34. The van der Waals surface area contributed by atoms with Gasteiger partial charge in [0, 0.05) is 10.0 Å². The monoisotopic (exact) mass is 236 g/mol. The molecule has 0 saturated heterocycles. The van der Waals surface area contributed by atoms with Crippen LogP contribution in [0.1, 0.15) is 11.1 Å². The van der Waals surface area contributed by atoms with Crippen LogP contribution in [-0.2, 0) is 5.88 Å². The molecule has 0 fully saturated rings. The number of halogens is 3. The Bertz CT molecular complexity index is 273. The van der Waals surface area contributed by atoms with Crippen LogP contribution >= 0.6 is 27.5 Å². The molecule has 1 aromatic rings. The number of benzene rings is 1. The lowest BCUT2D eigenvalue weighted by Crippen LogP contribution is -1.90. The minimum absolute atomic E-state index is 0.214. The average Bonchev–Trinajstić information content (AvgIpc) is 2.01. The molecule has 0 bridgehead atoms. The fraction of sp³-hybridized carbons (Fsp3) is 0.250. The molecule has 0 spiro atoms. The van der Waals surface area contributed by atoms with E-state index in [0.717, 1.165) is 4.47 Å². The SMILES string of the molecule is Cc1c(Br)ccc(CCl)c1F. The largest absolute Gasteiger partial charge is 0.206 e. The van der Waals surface area contributed by atoms with E-state index in [1.165, 1.54) is 0 Å². The van der Waals surface area contributed by atoms with Crippen LogP contribution < -0.4 is 0 Å². The van der Waals surface area contributed by atoms with Gasteiger partial charge in [-0.15, -0.1) is 11.6 Å². The minimum atomic E-state index is -0.214. The van der Waals surface area contributed by atoms with E-state index < -0.39 is 0 Å². The van der Waals surface area contributed by atoms with Crippen LogP contribution in [0.5, 0.6) is 0 Å². The van der Waals surface area contributed by atoms with Crippen molar-refractivity contribution in [2.45, 2.75) is 12.8 Å². The van der Waals surface area contributed by atoms with Crippen molar-refractivity contribution in [3.05, 3.63) is 33.5 Å². The summed E-state index contributed by atoms with van der Waals surface area (Å²) in [6, 6.07) is 3.48. The first-order valence-corrected chi connectivity index (χ1v) is 4.49. The minimum Gasteiger partial charge on any atom is -0.206 e. The van der Waals surface area contributed by atoms with Gasteiger partial charge in [0.25, 0.3) is 0 Å². The summed E-state index contributed by atoms with van der Waals surface area (Å²) in [6.45, 7) is 1.72.